The first-order chi connectivity index (χ1) is 4.31. The zero-order valence-corrected chi connectivity index (χ0v) is 5.26. The number of nitriles is 1. The van der Waals surface area contributed by atoms with E-state index in [4.69, 9.17) is 5.26 Å². The average molecular weight is 123 g/mol. The largest absolute Gasteiger partial charge is 0.298 e. The van der Waals surface area contributed by atoms with Crippen molar-refractivity contribution in [3.63, 3.8) is 0 Å². The standard InChI is InChI=1S/C7H9NO/c1-7(6-9)4-2-3-5-8/h6H,1-4H2. The van der Waals surface area contributed by atoms with Gasteiger partial charge in [0.1, 0.15) is 6.29 Å². The number of carbonyl (C=O) groups is 1. The van der Waals surface area contributed by atoms with Crippen LogP contribution in [0.3, 0.4) is 0 Å². The van der Waals surface area contributed by atoms with Crippen LogP contribution in [0.25, 0.3) is 0 Å². The second kappa shape index (κ2) is 5.04. The summed E-state index contributed by atoms with van der Waals surface area (Å²) in [6.45, 7) is 3.47. The van der Waals surface area contributed by atoms with Gasteiger partial charge in [-0.1, -0.05) is 6.58 Å². The number of nitrogens with zero attached hydrogens (tertiary/aromatic N) is 1. The molecule has 0 aromatic heterocycles. The minimum atomic E-state index is 0.507. The van der Waals surface area contributed by atoms with E-state index in [9.17, 15) is 4.79 Å². The fourth-order valence-corrected chi connectivity index (χ4v) is 0.453. The van der Waals surface area contributed by atoms with Gasteiger partial charge in [0.05, 0.1) is 6.07 Å². The third kappa shape index (κ3) is 4.76. The van der Waals surface area contributed by atoms with Crippen molar-refractivity contribution in [2.45, 2.75) is 19.3 Å². The van der Waals surface area contributed by atoms with E-state index in [2.05, 4.69) is 6.58 Å². The van der Waals surface area contributed by atoms with Crippen molar-refractivity contribution in [2.24, 2.45) is 0 Å². The van der Waals surface area contributed by atoms with Gasteiger partial charge in [0.25, 0.3) is 0 Å². The van der Waals surface area contributed by atoms with Gasteiger partial charge in [0.15, 0.2) is 0 Å². The van der Waals surface area contributed by atoms with Crippen LogP contribution in [0.5, 0.6) is 0 Å². The lowest BCUT2D eigenvalue weighted by molar-refractivity contribution is -0.105. The Hall–Kier alpha value is -1.10. The molecule has 0 saturated carbocycles. The van der Waals surface area contributed by atoms with Gasteiger partial charge in [0, 0.05) is 6.42 Å². The molecule has 0 radical (unpaired) electrons. The Morgan fingerprint density at radius 1 is 1.78 bits per heavy atom. The van der Waals surface area contributed by atoms with E-state index in [0.717, 1.165) is 12.7 Å². The lowest BCUT2D eigenvalue weighted by Gasteiger charge is -1.89. The summed E-state index contributed by atoms with van der Waals surface area (Å²) in [6, 6.07) is 1.99. The van der Waals surface area contributed by atoms with E-state index in [1.807, 2.05) is 6.07 Å². The fraction of sp³-hybridized carbons (Fsp3) is 0.429. The normalized spacial score (nSPS) is 7.89. The highest BCUT2D eigenvalue weighted by molar-refractivity contribution is 5.71. The molecular formula is C7H9NO. The predicted molar refractivity (Wildman–Crippen MR) is 34.7 cm³/mol. The minimum Gasteiger partial charge on any atom is -0.298 e. The molecule has 0 saturated heterocycles. The Labute approximate surface area is 54.8 Å². The van der Waals surface area contributed by atoms with Crippen LogP contribution in [-0.4, -0.2) is 6.29 Å². The number of hydrogen-bond donors (Lipinski definition) is 0. The Bertz CT molecular complexity index is 143. The molecular weight excluding hydrogens is 114 g/mol. The summed E-state index contributed by atoms with van der Waals surface area (Å²) in [5.41, 5.74) is 0.574. The maximum absolute atomic E-state index is 9.92. The molecule has 0 aromatic carbocycles. The van der Waals surface area contributed by atoms with E-state index >= 15 is 0 Å². The maximum Gasteiger partial charge on any atom is 0.145 e. The van der Waals surface area contributed by atoms with Crippen LogP contribution >= 0.6 is 0 Å². The van der Waals surface area contributed by atoms with Gasteiger partial charge < -0.3 is 0 Å². The SMILES string of the molecule is C=C(C=O)CCCC#N. The molecule has 0 aromatic rings. The first-order valence-electron chi connectivity index (χ1n) is 2.81. The summed E-state index contributed by atoms with van der Waals surface area (Å²) in [7, 11) is 0. The summed E-state index contributed by atoms with van der Waals surface area (Å²) in [5.74, 6) is 0. The molecule has 0 bridgehead atoms. The predicted octanol–water partition coefficient (Wildman–Crippen LogP) is 1.44. The van der Waals surface area contributed by atoms with E-state index < -0.39 is 0 Å². The second-order valence-corrected chi connectivity index (χ2v) is 1.79. The minimum absolute atomic E-state index is 0.507. The molecule has 0 spiro atoms. The Kier molecular flexibility index (Phi) is 4.43. The molecule has 0 amide bonds. The van der Waals surface area contributed by atoms with Crippen LogP contribution in [0.1, 0.15) is 19.3 Å². The van der Waals surface area contributed by atoms with Crippen LogP contribution in [0.2, 0.25) is 0 Å². The summed E-state index contributed by atoms with van der Waals surface area (Å²) in [5, 5.41) is 8.08. The van der Waals surface area contributed by atoms with Gasteiger partial charge in [-0.25, -0.2) is 0 Å². The monoisotopic (exact) mass is 123 g/mol. The van der Waals surface area contributed by atoms with Gasteiger partial charge in [-0.3, -0.25) is 4.79 Å². The average Bonchev–Trinajstić information content (AvgIpc) is 1.89. The highest BCUT2D eigenvalue weighted by Gasteiger charge is 1.89. The fourth-order valence-electron chi connectivity index (χ4n) is 0.453. The lowest BCUT2D eigenvalue weighted by atomic mass is 10.1. The molecule has 0 heterocycles. The molecule has 2 nitrogen and oxygen atoms in total. The Morgan fingerprint density at radius 3 is 2.89 bits per heavy atom. The zero-order valence-electron chi connectivity index (χ0n) is 5.26. The van der Waals surface area contributed by atoms with Crippen LogP contribution < -0.4 is 0 Å². The number of aldehydes is 1. The molecule has 0 aliphatic heterocycles. The van der Waals surface area contributed by atoms with E-state index in [-0.39, 0.29) is 0 Å². The zero-order chi connectivity index (χ0) is 7.11. The number of unbranched alkanes of at least 4 members (excludes halogenated alkanes) is 1. The van der Waals surface area contributed by atoms with Crippen LogP contribution in [0.15, 0.2) is 12.2 Å². The molecule has 0 N–H and O–H groups in total. The lowest BCUT2D eigenvalue weighted by Crippen LogP contribution is -1.81. The smallest absolute Gasteiger partial charge is 0.145 e. The van der Waals surface area contributed by atoms with Crippen molar-refractivity contribution in [2.75, 3.05) is 0 Å². The number of carbonyl (C=O) groups excluding carboxylic acids is 1. The topological polar surface area (TPSA) is 40.9 Å². The number of rotatable bonds is 4. The van der Waals surface area contributed by atoms with E-state index in [0.29, 0.717) is 18.4 Å². The quantitative estimate of drug-likeness (QED) is 0.322. The van der Waals surface area contributed by atoms with Crippen LogP contribution in [-0.2, 0) is 4.79 Å². The Balaban J connectivity index is 3.19. The van der Waals surface area contributed by atoms with Crippen molar-refractivity contribution in [1.82, 2.24) is 0 Å². The molecule has 48 valence electrons. The number of allylic oxidation sites excluding steroid dienone is 1. The second-order valence-electron chi connectivity index (χ2n) is 1.79. The van der Waals surface area contributed by atoms with E-state index in [1.165, 1.54) is 0 Å². The van der Waals surface area contributed by atoms with Crippen LogP contribution in [0, 0.1) is 11.3 Å². The van der Waals surface area contributed by atoms with Crippen molar-refractivity contribution >= 4 is 6.29 Å². The highest BCUT2D eigenvalue weighted by atomic mass is 16.1. The summed E-state index contributed by atoms with van der Waals surface area (Å²) in [6.07, 6.45) is 2.63. The summed E-state index contributed by atoms with van der Waals surface area (Å²) in [4.78, 5) is 9.92. The molecule has 0 unspecified atom stereocenters. The van der Waals surface area contributed by atoms with Crippen molar-refractivity contribution in [1.29, 1.82) is 5.26 Å². The van der Waals surface area contributed by atoms with Gasteiger partial charge in [-0.05, 0) is 18.4 Å². The first-order valence-corrected chi connectivity index (χ1v) is 2.81. The molecule has 2 heteroatoms. The Morgan fingerprint density at radius 2 is 2.44 bits per heavy atom. The molecule has 0 fully saturated rings. The van der Waals surface area contributed by atoms with Gasteiger partial charge >= 0.3 is 0 Å². The molecule has 9 heavy (non-hydrogen) atoms. The van der Waals surface area contributed by atoms with Gasteiger partial charge in [-0.2, -0.15) is 5.26 Å². The summed E-state index contributed by atoms with van der Waals surface area (Å²) >= 11 is 0. The third-order valence-electron chi connectivity index (χ3n) is 0.953. The van der Waals surface area contributed by atoms with Gasteiger partial charge in [0.2, 0.25) is 0 Å². The van der Waals surface area contributed by atoms with Crippen LogP contribution in [0.4, 0.5) is 0 Å². The number of hydrogen-bond acceptors (Lipinski definition) is 2. The molecule has 0 aliphatic carbocycles. The molecule has 0 aliphatic rings. The van der Waals surface area contributed by atoms with Crippen molar-refractivity contribution in [3.8, 4) is 6.07 Å². The first kappa shape index (κ1) is 7.90. The molecule has 0 rings (SSSR count). The van der Waals surface area contributed by atoms with Gasteiger partial charge in [-0.15, -0.1) is 0 Å². The molecule has 0 atom stereocenters. The third-order valence-corrected chi connectivity index (χ3v) is 0.953. The van der Waals surface area contributed by atoms with Crippen molar-refractivity contribution < 1.29 is 4.79 Å². The summed E-state index contributed by atoms with van der Waals surface area (Å²) < 4.78 is 0. The maximum atomic E-state index is 9.92. The van der Waals surface area contributed by atoms with Crippen molar-refractivity contribution in [3.05, 3.63) is 12.2 Å². The van der Waals surface area contributed by atoms with E-state index in [1.54, 1.807) is 0 Å². The highest BCUT2D eigenvalue weighted by Crippen LogP contribution is 2.00.